The van der Waals surface area contributed by atoms with Crippen LogP contribution in [0, 0.1) is 0 Å². The largest absolute Gasteiger partial charge is 0.497 e. The van der Waals surface area contributed by atoms with E-state index >= 15 is 0 Å². The lowest BCUT2D eigenvalue weighted by atomic mass is 10.0. The highest BCUT2D eigenvalue weighted by Gasteiger charge is 2.05. The summed E-state index contributed by atoms with van der Waals surface area (Å²) in [5.41, 5.74) is 2.14. The van der Waals surface area contributed by atoms with Gasteiger partial charge in [-0.2, -0.15) is 0 Å². The molecule has 17 heavy (non-hydrogen) atoms. The van der Waals surface area contributed by atoms with Gasteiger partial charge in [0.2, 0.25) is 0 Å². The summed E-state index contributed by atoms with van der Waals surface area (Å²) in [5.74, 6) is 0.805. The van der Waals surface area contributed by atoms with Gasteiger partial charge in [-0.25, -0.2) is 0 Å². The fraction of sp³-hybridized carbons (Fsp3) is 0.333. The van der Waals surface area contributed by atoms with Crippen LogP contribution in [0.1, 0.15) is 31.4 Å². The zero-order chi connectivity index (χ0) is 12.7. The fourth-order valence-corrected chi connectivity index (χ4v) is 1.59. The van der Waals surface area contributed by atoms with Gasteiger partial charge in [-0.05, 0) is 37.5 Å². The standard InChI is InChI=1S/C15H20O2/c1-4-5-12(2)6-11-15(16)13-7-9-14(17-3)10-8-13/h4,6-10,15-16H,1,5,11H2,2-3H3/b12-6+/t15-/m0/s1. The number of hydrogen-bond acceptors (Lipinski definition) is 2. The van der Waals surface area contributed by atoms with Crippen LogP contribution in [-0.4, -0.2) is 12.2 Å². The molecule has 1 atom stereocenters. The van der Waals surface area contributed by atoms with Crippen molar-refractivity contribution in [3.05, 3.63) is 54.1 Å². The van der Waals surface area contributed by atoms with E-state index in [2.05, 4.69) is 12.7 Å². The smallest absolute Gasteiger partial charge is 0.118 e. The molecule has 0 aliphatic heterocycles. The molecule has 92 valence electrons. The van der Waals surface area contributed by atoms with E-state index in [1.165, 1.54) is 5.57 Å². The lowest BCUT2D eigenvalue weighted by molar-refractivity contribution is 0.181. The third kappa shape index (κ3) is 4.45. The Hall–Kier alpha value is -1.54. The van der Waals surface area contributed by atoms with Crippen molar-refractivity contribution in [3.8, 4) is 5.75 Å². The molecule has 0 radical (unpaired) electrons. The second-order valence-corrected chi connectivity index (χ2v) is 4.07. The number of ether oxygens (including phenoxy) is 1. The molecule has 0 saturated carbocycles. The summed E-state index contributed by atoms with van der Waals surface area (Å²) >= 11 is 0. The van der Waals surface area contributed by atoms with Crippen LogP contribution >= 0.6 is 0 Å². The maximum Gasteiger partial charge on any atom is 0.118 e. The molecule has 0 aliphatic rings. The molecule has 2 heteroatoms. The van der Waals surface area contributed by atoms with Crippen molar-refractivity contribution in [2.75, 3.05) is 7.11 Å². The van der Waals surface area contributed by atoms with Gasteiger partial charge in [-0.15, -0.1) is 6.58 Å². The fourth-order valence-electron chi connectivity index (χ4n) is 1.59. The lowest BCUT2D eigenvalue weighted by Crippen LogP contribution is -1.96. The van der Waals surface area contributed by atoms with E-state index < -0.39 is 6.10 Å². The number of hydrogen-bond donors (Lipinski definition) is 1. The molecular formula is C15H20O2. The second kappa shape index (κ2) is 6.92. The van der Waals surface area contributed by atoms with E-state index in [0.29, 0.717) is 6.42 Å². The lowest BCUT2D eigenvalue weighted by Gasteiger charge is -2.09. The number of methoxy groups -OCH3 is 1. The Morgan fingerprint density at radius 1 is 1.41 bits per heavy atom. The first-order chi connectivity index (χ1) is 8.17. The van der Waals surface area contributed by atoms with Crippen LogP contribution in [0.15, 0.2) is 48.6 Å². The van der Waals surface area contributed by atoms with Gasteiger partial charge in [0.25, 0.3) is 0 Å². The molecule has 0 amide bonds. The molecule has 0 unspecified atom stereocenters. The van der Waals surface area contributed by atoms with Gasteiger partial charge in [0.05, 0.1) is 13.2 Å². The zero-order valence-electron chi connectivity index (χ0n) is 10.5. The highest BCUT2D eigenvalue weighted by atomic mass is 16.5. The van der Waals surface area contributed by atoms with Gasteiger partial charge in [-0.3, -0.25) is 0 Å². The van der Waals surface area contributed by atoms with Crippen molar-refractivity contribution in [1.29, 1.82) is 0 Å². The average Bonchev–Trinajstić information content (AvgIpc) is 2.36. The second-order valence-electron chi connectivity index (χ2n) is 4.07. The van der Waals surface area contributed by atoms with Gasteiger partial charge < -0.3 is 9.84 Å². The van der Waals surface area contributed by atoms with Crippen molar-refractivity contribution < 1.29 is 9.84 Å². The quantitative estimate of drug-likeness (QED) is 0.759. The van der Waals surface area contributed by atoms with Crippen molar-refractivity contribution in [2.24, 2.45) is 0 Å². The van der Waals surface area contributed by atoms with Gasteiger partial charge in [0.15, 0.2) is 0 Å². The van der Waals surface area contributed by atoms with Crippen LogP contribution in [0.4, 0.5) is 0 Å². The summed E-state index contributed by atoms with van der Waals surface area (Å²) in [6.45, 7) is 5.73. The summed E-state index contributed by atoms with van der Waals surface area (Å²) in [7, 11) is 1.63. The van der Waals surface area contributed by atoms with E-state index in [1.54, 1.807) is 7.11 Å². The molecule has 1 aromatic carbocycles. The Balaban J connectivity index is 2.59. The Labute approximate surface area is 103 Å². The first kappa shape index (κ1) is 13.5. The third-order valence-electron chi connectivity index (χ3n) is 2.66. The molecule has 2 nitrogen and oxygen atoms in total. The average molecular weight is 232 g/mol. The van der Waals surface area contributed by atoms with Crippen LogP contribution in [0.2, 0.25) is 0 Å². The number of aliphatic hydroxyl groups is 1. The van der Waals surface area contributed by atoms with E-state index in [0.717, 1.165) is 17.7 Å². The Kier molecular flexibility index (Phi) is 5.50. The maximum atomic E-state index is 9.99. The molecule has 0 aliphatic carbocycles. The highest BCUT2D eigenvalue weighted by molar-refractivity contribution is 5.28. The van der Waals surface area contributed by atoms with Gasteiger partial charge in [-0.1, -0.05) is 29.9 Å². The van der Waals surface area contributed by atoms with Crippen molar-refractivity contribution >= 4 is 0 Å². The minimum absolute atomic E-state index is 0.458. The Morgan fingerprint density at radius 3 is 2.59 bits per heavy atom. The molecule has 0 bridgehead atoms. The predicted octanol–water partition coefficient (Wildman–Crippen LogP) is 3.64. The minimum atomic E-state index is -0.458. The molecule has 0 aromatic heterocycles. The molecule has 0 spiro atoms. The molecule has 1 rings (SSSR count). The monoisotopic (exact) mass is 232 g/mol. The third-order valence-corrected chi connectivity index (χ3v) is 2.66. The van der Waals surface area contributed by atoms with Crippen molar-refractivity contribution in [3.63, 3.8) is 0 Å². The van der Waals surface area contributed by atoms with E-state index in [1.807, 2.05) is 37.3 Å². The first-order valence-corrected chi connectivity index (χ1v) is 5.76. The summed E-state index contributed by atoms with van der Waals surface area (Å²) in [4.78, 5) is 0. The number of aliphatic hydroxyl groups excluding tert-OH is 1. The van der Waals surface area contributed by atoms with Crippen LogP contribution in [-0.2, 0) is 0 Å². The maximum absolute atomic E-state index is 9.99. The van der Waals surface area contributed by atoms with Crippen molar-refractivity contribution in [2.45, 2.75) is 25.9 Å². The highest BCUT2D eigenvalue weighted by Crippen LogP contribution is 2.21. The summed E-state index contributed by atoms with van der Waals surface area (Å²) in [6, 6.07) is 7.50. The predicted molar refractivity (Wildman–Crippen MR) is 71.1 cm³/mol. The zero-order valence-corrected chi connectivity index (χ0v) is 10.5. The van der Waals surface area contributed by atoms with Gasteiger partial charge >= 0.3 is 0 Å². The Morgan fingerprint density at radius 2 is 2.06 bits per heavy atom. The first-order valence-electron chi connectivity index (χ1n) is 5.76. The number of allylic oxidation sites excluding steroid dienone is 2. The normalized spacial score (nSPS) is 13.2. The summed E-state index contributed by atoms with van der Waals surface area (Å²) in [5, 5.41) is 9.99. The van der Waals surface area contributed by atoms with E-state index in [-0.39, 0.29) is 0 Å². The van der Waals surface area contributed by atoms with Crippen LogP contribution in [0.3, 0.4) is 0 Å². The molecule has 0 saturated heterocycles. The molecule has 0 heterocycles. The van der Waals surface area contributed by atoms with Crippen LogP contribution in [0.5, 0.6) is 5.75 Å². The van der Waals surface area contributed by atoms with Crippen LogP contribution < -0.4 is 4.74 Å². The molecular weight excluding hydrogens is 212 g/mol. The number of benzene rings is 1. The molecule has 1 N–H and O–H groups in total. The van der Waals surface area contributed by atoms with Crippen LogP contribution in [0.25, 0.3) is 0 Å². The summed E-state index contributed by atoms with van der Waals surface area (Å²) < 4.78 is 5.07. The van der Waals surface area contributed by atoms with Gasteiger partial charge in [0, 0.05) is 0 Å². The SMILES string of the molecule is C=CC/C(C)=C/C[C@H](O)c1ccc(OC)cc1. The van der Waals surface area contributed by atoms with Gasteiger partial charge in [0.1, 0.15) is 5.75 Å². The topological polar surface area (TPSA) is 29.5 Å². The minimum Gasteiger partial charge on any atom is -0.497 e. The summed E-state index contributed by atoms with van der Waals surface area (Å²) in [6.07, 6.45) is 4.96. The molecule has 1 aromatic rings. The van der Waals surface area contributed by atoms with Crippen molar-refractivity contribution in [1.82, 2.24) is 0 Å². The number of rotatable bonds is 6. The van der Waals surface area contributed by atoms with E-state index in [9.17, 15) is 5.11 Å². The Bertz CT molecular complexity index is 376. The molecule has 0 fully saturated rings. The van der Waals surface area contributed by atoms with E-state index in [4.69, 9.17) is 4.74 Å².